The van der Waals surface area contributed by atoms with Crippen molar-refractivity contribution in [2.45, 2.75) is 6.92 Å². The first-order chi connectivity index (χ1) is 11.1. The Morgan fingerprint density at radius 3 is 2.70 bits per heavy atom. The molecule has 0 aliphatic heterocycles. The zero-order valence-corrected chi connectivity index (χ0v) is 12.0. The third-order valence-corrected chi connectivity index (χ3v) is 2.96. The molecule has 118 valence electrons. The lowest BCUT2D eigenvalue weighted by Gasteiger charge is -2.09. The van der Waals surface area contributed by atoms with Crippen molar-refractivity contribution in [2.24, 2.45) is 0 Å². The van der Waals surface area contributed by atoms with Crippen molar-refractivity contribution < 1.29 is 18.3 Å². The van der Waals surface area contributed by atoms with Crippen molar-refractivity contribution in [3.05, 3.63) is 52.6 Å². The van der Waals surface area contributed by atoms with E-state index in [2.05, 4.69) is 15.0 Å². The number of aromatic nitrogens is 3. The van der Waals surface area contributed by atoms with E-state index >= 15 is 0 Å². The van der Waals surface area contributed by atoms with E-state index in [1.165, 1.54) is 18.5 Å². The van der Waals surface area contributed by atoms with Crippen LogP contribution < -0.4 is 15.0 Å². The summed E-state index contributed by atoms with van der Waals surface area (Å²) in [5.74, 6) is -2.46. The lowest BCUT2D eigenvalue weighted by molar-refractivity contribution is 0.300. The number of rotatable bonds is 4. The van der Waals surface area contributed by atoms with Gasteiger partial charge in [-0.3, -0.25) is 14.8 Å². The van der Waals surface area contributed by atoms with Crippen LogP contribution in [0.1, 0.15) is 6.92 Å². The highest BCUT2D eigenvalue weighted by Gasteiger charge is 2.14. The fourth-order valence-corrected chi connectivity index (χ4v) is 2.01. The molecule has 6 nitrogen and oxygen atoms in total. The fourth-order valence-electron chi connectivity index (χ4n) is 2.01. The summed E-state index contributed by atoms with van der Waals surface area (Å²) in [6.45, 7) is 1.74. The molecule has 0 amide bonds. The predicted octanol–water partition coefficient (Wildman–Crippen LogP) is 2.79. The van der Waals surface area contributed by atoms with Crippen molar-refractivity contribution in [3.8, 4) is 17.5 Å². The van der Waals surface area contributed by atoms with E-state index in [1.807, 2.05) is 0 Å². The van der Waals surface area contributed by atoms with Crippen molar-refractivity contribution in [3.63, 3.8) is 0 Å². The number of pyridine rings is 1. The topological polar surface area (TPSA) is 77.1 Å². The van der Waals surface area contributed by atoms with Crippen LogP contribution in [0.4, 0.5) is 8.78 Å². The van der Waals surface area contributed by atoms with E-state index in [1.54, 1.807) is 6.92 Å². The van der Waals surface area contributed by atoms with Crippen molar-refractivity contribution in [1.82, 2.24) is 15.0 Å². The van der Waals surface area contributed by atoms with Crippen LogP contribution in [-0.4, -0.2) is 21.6 Å². The Morgan fingerprint density at radius 2 is 2.00 bits per heavy atom. The fraction of sp³-hybridized carbons (Fsp3) is 0.133. The standard InChI is InChI=1S/C15H11F2N3O3/c1-2-22-13-10(16)5-8(6-11(13)17)23-15-19-12-7-18-4-3-9(12)14(21)20-15/h3-7H,2H2,1H3,(H,19,20,21). The number of hydrogen-bond acceptors (Lipinski definition) is 5. The van der Waals surface area contributed by atoms with Gasteiger partial charge in [-0.2, -0.15) is 4.98 Å². The normalized spacial score (nSPS) is 10.7. The minimum absolute atomic E-state index is 0.126. The van der Waals surface area contributed by atoms with Gasteiger partial charge in [-0.1, -0.05) is 0 Å². The summed E-state index contributed by atoms with van der Waals surface area (Å²) in [6.07, 6.45) is 2.84. The van der Waals surface area contributed by atoms with Gasteiger partial charge < -0.3 is 9.47 Å². The number of fused-ring (bicyclic) bond motifs is 1. The second kappa shape index (κ2) is 5.99. The molecule has 0 saturated heterocycles. The van der Waals surface area contributed by atoms with E-state index in [9.17, 15) is 13.6 Å². The molecule has 8 heteroatoms. The van der Waals surface area contributed by atoms with Crippen LogP contribution in [-0.2, 0) is 0 Å². The number of halogens is 2. The van der Waals surface area contributed by atoms with Crippen molar-refractivity contribution in [1.29, 1.82) is 0 Å². The first-order valence-corrected chi connectivity index (χ1v) is 6.72. The molecule has 0 aliphatic carbocycles. The minimum Gasteiger partial charge on any atom is -0.488 e. The molecule has 0 saturated carbocycles. The minimum atomic E-state index is -0.911. The first-order valence-electron chi connectivity index (χ1n) is 6.72. The number of ether oxygens (including phenoxy) is 2. The van der Waals surface area contributed by atoms with Crippen LogP contribution in [0.25, 0.3) is 10.9 Å². The number of hydrogen-bond donors (Lipinski definition) is 1. The van der Waals surface area contributed by atoms with Gasteiger partial charge >= 0.3 is 6.01 Å². The average Bonchev–Trinajstić information content (AvgIpc) is 2.51. The smallest absolute Gasteiger partial charge is 0.302 e. The van der Waals surface area contributed by atoms with Crippen LogP contribution in [0.15, 0.2) is 35.4 Å². The van der Waals surface area contributed by atoms with Crippen molar-refractivity contribution in [2.75, 3.05) is 6.61 Å². The summed E-state index contributed by atoms with van der Waals surface area (Å²) in [7, 11) is 0. The number of nitrogens with zero attached hydrogens (tertiary/aromatic N) is 2. The lowest BCUT2D eigenvalue weighted by Crippen LogP contribution is -2.09. The first kappa shape index (κ1) is 14.9. The third-order valence-electron chi connectivity index (χ3n) is 2.96. The second-order valence-corrected chi connectivity index (χ2v) is 4.52. The highest BCUT2D eigenvalue weighted by molar-refractivity contribution is 5.76. The predicted molar refractivity (Wildman–Crippen MR) is 77.8 cm³/mol. The number of nitrogens with one attached hydrogen (secondary N) is 1. The van der Waals surface area contributed by atoms with Crippen LogP contribution in [0.5, 0.6) is 17.5 Å². The quantitative estimate of drug-likeness (QED) is 0.800. The van der Waals surface area contributed by atoms with Gasteiger partial charge in [-0.25, -0.2) is 8.78 Å². The van der Waals surface area contributed by atoms with E-state index < -0.39 is 22.9 Å². The maximum Gasteiger partial charge on any atom is 0.302 e. The third kappa shape index (κ3) is 2.96. The Labute approximate surface area is 128 Å². The van der Waals surface area contributed by atoms with Gasteiger partial charge in [0.15, 0.2) is 17.4 Å². The molecule has 0 bridgehead atoms. The molecular weight excluding hydrogens is 308 g/mol. The van der Waals surface area contributed by atoms with Crippen molar-refractivity contribution >= 4 is 10.9 Å². The highest BCUT2D eigenvalue weighted by Crippen LogP contribution is 2.28. The Kier molecular flexibility index (Phi) is 3.88. The molecule has 1 N–H and O–H groups in total. The summed E-state index contributed by atoms with van der Waals surface area (Å²) < 4.78 is 37.7. The monoisotopic (exact) mass is 319 g/mol. The highest BCUT2D eigenvalue weighted by atomic mass is 19.1. The second-order valence-electron chi connectivity index (χ2n) is 4.52. The summed E-state index contributed by atoms with van der Waals surface area (Å²) in [4.78, 5) is 22.2. The Hall–Kier alpha value is -3.03. The summed E-state index contributed by atoms with van der Waals surface area (Å²) in [5, 5.41) is 0.330. The molecule has 1 aromatic carbocycles. The summed E-state index contributed by atoms with van der Waals surface area (Å²) >= 11 is 0. The molecule has 2 heterocycles. The Bertz CT molecular complexity index is 904. The zero-order valence-electron chi connectivity index (χ0n) is 12.0. The number of benzene rings is 1. The molecule has 3 rings (SSSR count). The zero-order chi connectivity index (χ0) is 16.4. The van der Waals surface area contributed by atoms with Gasteiger partial charge in [0.25, 0.3) is 5.56 Å². The van der Waals surface area contributed by atoms with Gasteiger partial charge in [0.2, 0.25) is 0 Å². The summed E-state index contributed by atoms with van der Waals surface area (Å²) in [5.41, 5.74) is -0.141. The molecule has 0 spiro atoms. The SMILES string of the molecule is CCOc1c(F)cc(Oc2nc3cnccc3c(=O)[nH]2)cc1F. The molecular formula is C15H11F2N3O3. The molecule has 0 atom stereocenters. The van der Waals surface area contributed by atoms with E-state index in [0.717, 1.165) is 12.1 Å². The molecule has 0 radical (unpaired) electrons. The van der Waals surface area contributed by atoms with Gasteiger partial charge in [0.1, 0.15) is 5.75 Å². The molecule has 23 heavy (non-hydrogen) atoms. The number of H-pyrrole nitrogens is 1. The van der Waals surface area contributed by atoms with Crippen LogP contribution in [0, 0.1) is 11.6 Å². The van der Waals surface area contributed by atoms with Gasteiger partial charge in [-0.05, 0) is 13.0 Å². The van der Waals surface area contributed by atoms with Gasteiger partial charge in [-0.15, -0.1) is 0 Å². The van der Waals surface area contributed by atoms with Crippen LogP contribution in [0.2, 0.25) is 0 Å². The Balaban J connectivity index is 1.98. The lowest BCUT2D eigenvalue weighted by atomic mass is 10.3. The van der Waals surface area contributed by atoms with Crippen LogP contribution in [0.3, 0.4) is 0 Å². The van der Waals surface area contributed by atoms with Gasteiger partial charge in [0.05, 0.1) is 23.7 Å². The van der Waals surface area contributed by atoms with E-state index in [0.29, 0.717) is 10.9 Å². The molecule has 0 unspecified atom stereocenters. The molecule has 3 aromatic rings. The molecule has 0 fully saturated rings. The number of aromatic amines is 1. The Morgan fingerprint density at radius 1 is 1.26 bits per heavy atom. The van der Waals surface area contributed by atoms with E-state index in [-0.39, 0.29) is 18.4 Å². The average molecular weight is 319 g/mol. The summed E-state index contributed by atoms with van der Waals surface area (Å²) in [6, 6.07) is 3.20. The van der Waals surface area contributed by atoms with Gasteiger partial charge in [0, 0.05) is 18.3 Å². The van der Waals surface area contributed by atoms with Crippen LogP contribution >= 0.6 is 0 Å². The maximum atomic E-state index is 13.8. The largest absolute Gasteiger partial charge is 0.488 e. The maximum absolute atomic E-state index is 13.8. The molecule has 2 aromatic heterocycles. The van der Waals surface area contributed by atoms with E-state index in [4.69, 9.17) is 9.47 Å². The molecule has 0 aliphatic rings.